The fraction of sp³-hybridized carbons (Fsp3) is 0.467. The second-order valence-corrected chi connectivity index (χ2v) is 5.77. The zero-order chi connectivity index (χ0) is 19.1. The van der Waals surface area contributed by atoms with E-state index in [2.05, 4.69) is 26.8 Å². The Morgan fingerprint density at radius 3 is 2.77 bits per heavy atom. The molecule has 11 heteroatoms. The maximum Gasteiger partial charge on any atom is 0.255 e. The van der Waals surface area contributed by atoms with Gasteiger partial charge in [-0.25, -0.2) is 15.0 Å². The largest absolute Gasteiger partial charge is 0.393 e. The quantitative estimate of drug-likeness (QED) is 0.373. The maximum atomic E-state index is 11.7. The van der Waals surface area contributed by atoms with Gasteiger partial charge in [-0.05, 0) is 5.92 Å². The lowest BCUT2D eigenvalue weighted by molar-refractivity contribution is -0.163. The zero-order valence-electron chi connectivity index (χ0n) is 13.8. The summed E-state index contributed by atoms with van der Waals surface area (Å²) in [6, 6.07) is 0. The number of imidazole rings is 1. The van der Waals surface area contributed by atoms with Crippen LogP contribution in [0.1, 0.15) is 25.4 Å². The molecule has 1 saturated heterocycles. The fourth-order valence-corrected chi connectivity index (χ4v) is 2.77. The van der Waals surface area contributed by atoms with E-state index in [1.165, 1.54) is 10.9 Å². The molecule has 0 aromatic carbocycles. The predicted octanol–water partition coefficient (Wildman–Crippen LogP) is -2.36. The molecule has 26 heavy (non-hydrogen) atoms. The molecule has 0 radical (unpaired) electrons. The van der Waals surface area contributed by atoms with E-state index in [1.54, 1.807) is 0 Å². The Morgan fingerprint density at radius 2 is 2.19 bits per heavy atom. The van der Waals surface area contributed by atoms with E-state index >= 15 is 0 Å². The highest BCUT2D eigenvalue weighted by molar-refractivity contribution is 5.85. The van der Waals surface area contributed by atoms with Gasteiger partial charge in [-0.2, -0.15) is 0 Å². The molecule has 0 unspecified atom stereocenters. The Hall–Kier alpha value is -2.78. The number of nitrogens with two attached hydrogens (primary N) is 2. The number of primary amides is 1. The number of hydrogen-bond acceptors (Lipinski definition) is 9. The normalized spacial score (nSPS) is 28.1. The van der Waals surface area contributed by atoms with Crippen molar-refractivity contribution >= 4 is 22.9 Å². The van der Waals surface area contributed by atoms with Crippen LogP contribution >= 0.6 is 0 Å². The Morgan fingerprint density at radius 1 is 1.46 bits per heavy atom. The van der Waals surface area contributed by atoms with E-state index in [9.17, 15) is 20.1 Å². The van der Waals surface area contributed by atoms with Crippen LogP contribution in [0.5, 0.6) is 0 Å². The van der Waals surface area contributed by atoms with Gasteiger partial charge in [0.25, 0.3) is 5.91 Å². The SMILES string of the molecule is CCC#Cc1nc(N)c2ncn([C@@H]3O[C@@](CO)(C(N)=O)[C@@H](O)[C@H]3O)c2n1. The number of nitrogens with zero attached hydrogens (tertiary/aromatic N) is 4. The highest BCUT2D eigenvalue weighted by Gasteiger charge is 2.58. The lowest BCUT2D eigenvalue weighted by atomic mass is 9.95. The van der Waals surface area contributed by atoms with Crippen molar-refractivity contribution in [3.63, 3.8) is 0 Å². The third-order valence-electron chi connectivity index (χ3n) is 4.18. The average Bonchev–Trinajstić information content (AvgIpc) is 3.14. The molecule has 2 aromatic heterocycles. The monoisotopic (exact) mass is 362 g/mol. The Labute approximate surface area is 147 Å². The van der Waals surface area contributed by atoms with Gasteiger partial charge in [0.2, 0.25) is 5.82 Å². The first-order valence-electron chi connectivity index (χ1n) is 7.79. The third kappa shape index (κ3) is 2.56. The Bertz CT molecular complexity index is 918. The Balaban J connectivity index is 2.11. The molecule has 7 N–H and O–H groups in total. The van der Waals surface area contributed by atoms with Crippen molar-refractivity contribution in [3.05, 3.63) is 12.2 Å². The van der Waals surface area contributed by atoms with Crippen molar-refractivity contribution in [2.45, 2.75) is 37.4 Å². The average molecular weight is 362 g/mol. The number of aliphatic hydroxyl groups is 3. The van der Waals surface area contributed by atoms with Crippen LogP contribution in [0.4, 0.5) is 5.82 Å². The summed E-state index contributed by atoms with van der Waals surface area (Å²) in [5, 5.41) is 30.0. The predicted molar refractivity (Wildman–Crippen MR) is 88.1 cm³/mol. The molecule has 3 heterocycles. The summed E-state index contributed by atoms with van der Waals surface area (Å²) in [4.78, 5) is 24.0. The molecule has 138 valence electrons. The minimum absolute atomic E-state index is 0.0745. The number of ether oxygens (including phenoxy) is 1. The van der Waals surface area contributed by atoms with Crippen LogP contribution in [-0.2, 0) is 9.53 Å². The zero-order valence-corrected chi connectivity index (χ0v) is 13.8. The summed E-state index contributed by atoms with van der Waals surface area (Å²) in [6.07, 6.45) is -2.74. The molecular formula is C15H18N6O5. The summed E-state index contributed by atoms with van der Waals surface area (Å²) in [7, 11) is 0. The molecular weight excluding hydrogens is 344 g/mol. The molecule has 0 aliphatic carbocycles. The van der Waals surface area contributed by atoms with Crippen LogP contribution in [0.2, 0.25) is 0 Å². The highest BCUT2D eigenvalue weighted by atomic mass is 16.6. The molecule has 0 bridgehead atoms. The number of anilines is 1. The molecule has 1 amide bonds. The molecule has 3 rings (SSSR count). The van der Waals surface area contributed by atoms with E-state index in [1.807, 2.05) is 6.92 Å². The van der Waals surface area contributed by atoms with Crippen molar-refractivity contribution in [1.82, 2.24) is 19.5 Å². The van der Waals surface area contributed by atoms with E-state index in [0.29, 0.717) is 6.42 Å². The standard InChI is InChI=1S/C15H18N6O5/c1-2-3-4-7-19-11(16)8-12(20-7)21(6-18-8)13-9(23)10(24)15(5-22,26-13)14(17)25/h6,9-10,13,22-24H,2,5H2,1H3,(H2,17,25)(H2,16,19,20)/t9-,10+,13-,15-/m1/s1. The van der Waals surface area contributed by atoms with Gasteiger partial charge in [-0.3, -0.25) is 9.36 Å². The van der Waals surface area contributed by atoms with Crippen molar-refractivity contribution in [1.29, 1.82) is 0 Å². The minimum atomic E-state index is -2.15. The molecule has 11 nitrogen and oxygen atoms in total. The molecule has 1 fully saturated rings. The van der Waals surface area contributed by atoms with E-state index < -0.39 is 36.6 Å². The van der Waals surface area contributed by atoms with E-state index in [0.717, 1.165) is 0 Å². The van der Waals surface area contributed by atoms with Crippen LogP contribution in [-0.4, -0.2) is 65.2 Å². The number of amides is 1. The molecule has 1 aliphatic heterocycles. The second-order valence-electron chi connectivity index (χ2n) is 5.77. The lowest BCUT2D eigenvalue weighted by Gasteiger charge is -2.25. The van der Waals surface area contributed by atoms with Gasteiger partial charge in [-0.15, -0.1) is 0 Å². The smallest absolute Gasteiger partial charge is 0.255 e. The van der Waals surface area contributed by atoms with Crippen LogP contribution in [0.25, 0.3) is 11.2 Å². The summed E-state index contributed by atoms with van der Waals surface area (Å²) in [5.41, 5.74) is 9.39. The number of rotatable bonds is 3. The summed E-state index contributed by atoms with van der Waals surface area (Å²) < 4.78 is 6.74. The van der Waals surface area contributed by atoms with Crippen LogP contribution in [0.15, 0.2) is 6.33 Å². The van der Waals surface area contributed by atoms with Crippen LogP contribution in [0, 0.1) is 11.8 Å². The first-order valence-corrected chi connectivity index (χ1v) is 7.79. The minimum Gasteiger partial charge on any atom is -0.393 e. The molecule has 2 aromatic rings. The summed E-state index contributed by atoms with van der Waals surface area (Å²) in [6.45, 7) is 0.954. The number of carbonyl (C=O) groups excluding carboxylic acids is 1. The number of aliphatic hydroxyl groups excluding tert-OH is 3. The summed E-state index contributed by atoms with van der Waals surface area (Å²) >= 11 is 0. The van der Waals surface area contributed by atoms with Crippen molar-refractivity contribution < 1.29 is 24.9 Å². The third-order valence-corrected chi connectivity index (χ3v) is 4.18. The van der Waals surface area contributed by atoms with Gasteiger partial charge < -0.3 is 31.5 Å². The Kier molecular flexibility index (Phi) is 4.51. The van der Waals surface area contributed by atoms with Gasteiger partial charge in [0, 0.05) is 6.42 Å². The molecule has 1 aliphatic rings. The molecule has 0 spiro atoms. The van der Waals surface area contributed by atoms with Crippen molar-refractivity contribution in [2.75, 3.05) is 12.3 Å². The van der Waals surface area contributed by atoms with Gasteiger partial charge in [-0.1, -0.05) is 12.8 Å². The van der Waals surface area contributed by atoms with E-state index in [-0.39, 0.29) is 22.8 Å². The highest BCUT2D eigenvalue weighted by Crippen LogP contribution is 2.38. The van der Waals surface area contributed by atoms with Gasteiger partial charge in [0.05, 0.1) is 12.9 Å². The lowest BCUT2D eigenvalue weighted by Crippen LogP contribution is -2.56. The number of hydrogen-bond donors (Lipinski definition) is 5. The molecule has 4 atom stereocenters. The van der Waals surface area contributed by atoms with Crippen molar-refractivity contribution in [2.24, 2.45) is 5.73 Å². The number of fused-ring (bicyclic) bond motifs is 1. The maximum absolute atomic E-state index is 11.7. The van der Waals surface area contributed by atoms with Crippen molar-refractivity contribution in [3.8, 4) is 11.8 Å². The summed E-state index contributed by atoms with van der Waals surface area (Å²) in [5.74, 6) is 4.67. The van der Waals surface area contributed by atoms with Gasteiger partial charge >= 0.3 is 0 Å². The van der Waals surface area contributed by atoms with Crippen LogP contribution in [0.3, 0.4) is 0 Å². The van der Waals surface area contributed by atoms with Gasteiger partial charge in [0.1, 0.15) is 17.7 Å². The fourth-order valence-electron chi connectivity index (χ4n) is 2.77. The number of aromatic nitrogens is 4. The molecule has 0 saturated carbocycles. The number of carbonyl (C=O) groups is 1. The van der Waals surface area contributed by atoms with Gasteiger partial charge in [0.15, 0.2) is 23.3 Å². The van der Waals surface area contributed by atoms with E-state index in [4.69, 9.17) is 16.2 Å². The second kappa shape index (κ2) is 6.50. The first-order chi connectivity index (χ1) is 12.4. The first kappa shape index (κ1) is 18.0. The number of nitrogen functional groups attached to an aromatic ring is 1. The van der Waals surface area contributed by atoms with Crippen LogP contribution < -0.4 is 11.5 Å². The topological polar surface area (TPSA) is 183 Å².